The number of anilines is 1. The molecule has 0 radical (unpaired) electrons. The third-order valence-corrected chi connectivity index (χ3v) is 5.02. The number of nitrogens with zero attached hydrogens (tertiary/aromatic N) is 2. The molecule has 3 aromatic rings. The molecule has 1 heterocycles. The topological polar surface area (TPSA) is 72.0 Å². The van der Waals surface area contributed by atoms with Crippen LogP contribution in [0.3, 0.4) is 0 Å². The molecule has 0 aliphatic heterocycles. The van der Waals surface area contributed by atoms with Crippen LogP contribution in [0.2, 0.25) is 0 Å². The fourth-order valence-electron chi connectivity index (χ4n) is 1.98. The van der Waals surface area contributed by atoms with Crippen molar-refractivity contribution >= 4 is 38.5 Å². The van der Waals surface area contributed by atoms with Crippen molar-refractivity contribution in [1.29, 1.82) is 0 Å². The van der Waals surface area contributed by atoms with E-state index in [-0.39, 0.29) is 10.4 Å². The Bertz CT molecular complexity index is 1020. The molecule has 11 heteroatoms. The van der Waals surface area contributed by atoms with Gasteiger partial charge in [0.2, 0.25) is 0 Å². The Morgan fingerprint density at radius 3 is 2.54 bits per heavy atom. The van der Waals surface area contributed by atoms with Crippen molar-refractivity contribution < 1.29 is 26.0 Å². The van der Waals surface area contributed by atoms with Crippen molar-refractivity contribution in [2.24, 2.45) is 0 Å². The highest BCUT2D eigenvalue weighted by Gasteiger charge is 2.32. The highest BCUT2D eigenvalue weighted by molar-refractivity contribution is 7.93. The maximum absolute atomic E-state index is 13.7. The third-order valence-electron chi connectivity index (χ3n) is 3.08. The van der Waals surface area contributed by atoms with E-state index in [0.29, 0.717) is 23.7 Å². The van der Waals surface area contributed by atoms with Crippen LogP contribution in [0.25, 0.3) is 11.0 Å². The van der Waals surface area contributed by atoms with Gasteiger partial charge in [-0.25, -0.2) is 12.8 Å². The summed E-state index contributed by atoms with van der Waals surface area (Å²) in [5.41, 5.74) is -1.60. The number of fused-ring (bicyclic) bond motifs is 1. The minimum Gasteiger partial charge on any atom is -0.277 e. The lowest BCUT2D eigenvalue weighted by Gasteiger charge is -2.12. The van der Waals surface area contributed by atoms with Gasteiger partial charge in [0, 0.05) is 0 Å². The van der Waals surface area contributed by atoms with Crippen molar-refractivity contribution in [2.75, 3.05) is 4.72 Å². The summed E-state index contributed by atoms with van der Waals surface area (Å²) in [5, 5.41) is 0. The molecule has 0 aliphatic carbocycles. The first-order valence-corrected chi connectivity index (χ1v) is 8.51. The van der Waals surface area contributed by atoms with E-state index in [1.54, 1.807) is 0 Å². The summed E-state index contributed by atoms with van der Waals surface area (Å²) in [4.78, 5) is -0.300. The molecule has 1 N–H and O–H groups in total. The number of nitrogens with one attached hydrogen (secondary N) is 1. The second kappa shape index (κ2) is 5.67. The largest absolute Gasteiger partial charge is 0.416 e. The minimum absolute atomic E-state index is 0.0578. The van der Waals surface area contributed by atoms with Crippen molar-refractivity contribution in [3.8, 4) is 0 Å². The number of alkyl halides is 3. The van der Waals surface area contributed by atoms with Gasteiger partial charge in [-0.1, -0.05) is 6.07 Å². The first kappa shape index (κ1) is 16.6. The summed E-state index contributed by atoms with van der Waals surface area (Å²) >= 11 is 0.783. The monoisotopic (exact) mass is 377 g/mol. The second-order valence-corrected chi connectivity index (χ2v) is 6.87. The van der Waals surface area contributed by atoms with Crippen LogP contribution < -0.4 is 4.72 Å². The lowest BCUT2D eigenvalue weighted by Crippen LogP contribution is -2.15. The molecular weight excluding hydrogens is 370 g/mol. The summed E-state index contributed by atoms with van der Waals surface area (Å²) in [6, 6.07) is 5.61. The average molecular weight is 377 g/mol. The van der Waals surface area contributed by atoms with Crippen LogP contribution in [-0.4, -0.2) is 17.2 Å². The normalized spacial score (nSPS) is 12.5. The van der Waals surface area contributed by atoms with Gasteiger partial charge in [-0.2, -0.15) is 21.9 Å². The molecule has 2 aromatic carbocycles. The molecule has 0 amide bonds. The molecule has 1 aromatic heterocycles. The fourth-order valence-corrected chi connectivity index (χ4v) is 3.80. The Balaban J connectivity index is 2.06. The van der Waals surface area contributed by atoms with Crippen LogP contribution in [0.4, 0.5) is 23.2 Å². The van der Waals surface area contributed by atoms with E-state index >= 15 is 0 Å². The predicted octanol–water partition coefficient (Wildman–Crippen LogP) is 3.65. The van der Waals surface area contributed by atoms with E-state index in [9.17, 15) is 26.0 Å². The van der Waals surface area contributed by atoms with Crippen molar-refractivity contribution in [2.45, 2.75) is 11.1 Å². The summed E-state index contributed by atoms with van der Waals surface area (Å²) in [6.07, 6.45) is -4.73. The van der Waals surface area contributed by atoms with Crippen LogP contribution >= 0.6 is 11.7 Å². The molecule has 0 aliphatic rings. The van der Waals surface area contributed by atoms with Crippen LogP contribution in [0, 0.1) is 5.82 Å². The van der Waals surface area contributed by atoms with Gasteiger partial charge in [0.05, 0.1) is 23.0 Å². The Kier molecular flexibility index (Phi) is 3.92. The van der Waals surface area contributed by atoms with E-state index in [1.807, 2.05) is 4.72 Å². The number of aromatic nitrogens is 2. The zero-order valence-corrected chi connectivity index (χ0v) is 13.1. The molecule has 0 saturated heterocycles. The molecule has 3 rings (SSSR count). The lowest BCUT2D eigenvalue weighted by atomic mass is 10.2. The average Bonchev–Trinajstić information content (AvgIpc) is 2.96. The molecule has 0 saturated carbocycles. The molecular formula is C13H7F4N3O2S2. The SMILES string of the molecule is O=S(=O)(Nc1cc(C(F)(F)F)ccc1F)c1cccc2nsnc12. The van der Waals surface area contributed by atoms with E-state index in [0.717, 1.165) is 11.7 Å². The summed E-state index contributed by atoms with van der Waals surface area (Å²) in [6.45, 7) is 0. The summed E-state index contributed by atoms with van der Waals surface area (Å²) in [7, 11) is -4.35. The van der Waals surface area contributed by atoms with Crippen LogP contribution in [-0.2, 0) is 16.2 Å². The standard InChI is InChI=1S/C13H7F4N3O2S2/c14-8-5-4-7(13(15,16)17)6-10(8)20-24(21,22)11-3-1-2-9-12(11)19-23-18-9/h1-6,20H. The van der Waals surface area contributed by atoms with E-state index in [4.69, 9.17) is 0 Å². The number of sulfonamides is 1. The molecule has 24 heavy (non-hydrogen) atoms. The van der Waals surface area contributed by atoms with Crippen LogP contribution in [0.1, 0.15) is 5.56 Å². The zero-order chi connectivity index (χ0) is 17.5. The van der Waals surface area contributed by atoms with E-state index in [2.05, 4.69) is 8.75 Å². The van der Waals surface area contributed by atoms with Crippen molar-refractivity contribution in [1.82, 2.24) is 8.75 Å². The van der Waals surface area contributed by atoms with Gasteiger partial charge >= 0.3 is 6.18 Å². The summed E-state index contributed by atoms with van der Waals surface area (Å²) < 4.78 is 86.2. The highest BCUT2D eigenvalue weighted by atomic mass is 32.2. The smallest absolute Gasteiger partial charge is 0.277 e. The quantitative estimate of drug-likeness (QED) is 0.708. The van der Waals surface area contributed by atoms with E-state index < -0.39 is 33.3 Å². The summed E-state index contributed by atoms with van der Waals surface area (Å²) in [5.74, 6) is -1.13. The maximum Gasteiger partial charge on any atom is 0.416 e. The van der Waals surface area contributed by atoms with Gasteiger partial charge in [0.1, 0.15) is 21.7 Å². The van der Waals surface area contributed by atoms with Gasteiger partial charge in [-0.05, 0) is 30.3 Å². The van der Waals surface area contributed by atoms with Gasteiger partial charge in [-0.3, -0.25) is 4.72 Å². The highest BCUT2D eigenvalue weighted by Crippen LogP contribution is 2.33. The molecule has 0 unspecified atom stereocenters. The van der Waals surface area contributed by atoms with Gasteiger partial charge in [0.15, 0.2) is 0 Å². The van der Waals surface area contributed by atoms with Gasteiger partial charge < -0.3 is 0 Å². The van der Waals surface area contributed by atoms with Gasteiger partial charge in [0.25, 0.3) is 10.0 Å². The fraction of sp³-hybridized carbons (Fsp3) is 0.0769. The van der Waals surface area contributed by atoms with Crippen LogP contribution in [0.15, 0.2) is 41.3 Å². The molecule has 5 nitrogen and oxygen atoms in total. The minimum atomic E-state index is -4.73. The molecule has 126 valence electrons. The number of benzene rings is 2. The maximum atomic E-state index is 13.7. The zero-order valence-electron chi connectivity index (χ0n) is 11.5. The van der Waals surface area contributed by atoms with Gasteiger partial charge in [-0.15, -0.1) is 0 Å². The van der Waals surface area contributed by atoms with Crippen molar-refractivity contribution in [3.63, 3.8) is 0 Å². The van der Waals surface area contributed by atoms with E-state index in [1.165, 1.54) is 18.2 Å². The number of hydrogen-bond donors (Lipinski definition) is 1. The number of halogens is 4. The first-order valence-electron chi connectivity index (χ1n) is 6.29. The number of hydrogen-bond acceptors (Lipinski definition) is 5. The number of rotatable bonds is 3. The Morgan fingerprint density at radius 2 is 1.83 bits per heavy atom. The third kappa shape index (κ3) is 3.04. The second-order valence-electron chi connectivity index (χ2n) is 4.69. The molecule has 0 bridgehead atoms. The lowest BCUT2D eigenvalue weighted by molar-refractivity contribution is -0.137. The predicted molar refractivity (Wildman–Crippen MR) is 79.6 cm³/mol. The Hall–Kier alpha value is -2.27. The Labute approximate surface area is 137 Å². The first-order chi connectivity index (χ1) is 11.2. The molecule has 0 atom stereocenters. The van der Waals surface area contributed by atoms with Crippen molar-refractivity contribution in [3.05, 3.63) is 47.8 Å². The van der Waals surface area contributed by atoms with Crippen LogP contribution in [0.5, 0.6) is 0 Å². The molecule has 0 fully saturated rings. The Morgan fingerprint density at radius 1 is 1.08 bits per heavy atom. The molecule has 0 spiro atoms.